The maximum atomic E-state index is 13.1. The van der Waals surface area contributed by atoms with Crippen molar-refractivity contribution < 1.29 is 14.3 Å². The predicted molar refractivity (Wildman–Crippen MR) is 108 cm³/mol. The van der Waals surface area contributed by atoms with E-state index in [2.05, 4.69) is 10.3 Å². The highest BCUT2D eigenvalue weighted by molar-refractivity contribution is 7.99. The largest absolute Gasteiger partial charge is 0.497 e. The van der Waals surface area contributed by atoms with Crippen LogP contribution in [-0.4, -0.2) is 30.5 Å². The lowest BCUT2D eigenvalue weighted by atomic mass is 10.2. The molecule has 1 N–H and O–H groups in total. The molecule has 1 aromatic heterocycles. The van der Waals surface area contributed by atoms with Crippen molar-refractivity contribution in [2.24, 2.45) is 0 Å². The van der Waals surface area contributed by atoms with Gasteiger partial charge in [0.25, 0.3) is 5.91 Å². The third-order valence-electron chi connectivity index (χ3n) is 4.28. The lowest BCUT2D eigenvalue weighted by molar-refractivity contribution is -0.114. The van der Waals surface area contributed by atoms with Crippen LogP contribution in [0.15, 0.2) is 76.8 Å². The van der Waals surface area contributed by atoms with Crippen LogP contribution < -0.4 is 15.0 Å². The van der Waals surface area contributed by atoms with Gasteiger partial charge in [-0.25, -0.2) is 4.98 Å². The Bertz CT molecular complexity index is 1040. The second-order valence-electron chi connectivity index (χ2n) is 6.09. The number of methoxy groups -OCH3 is 1. The molecule has 4 rings (SSSR count). The van der Waals surface area contributed by atoms with Crippen molar-refractivity contribution in [1.29, 1.82) is 0 Å². The van der Waals surface area contributed by atoms with Gasteiger partial charge >= 0.3 is 0 Å². The lowest BCUT2D eigenvalue weighted by Gasteiger charge is -2.22. The van der Waals surface area contributed by atoms with E-state index in [1.807, 2.05) is 24.3 Å². The van der Waals surface area contributed by atoms with Gasteiger partial charge in [-0.05, 0) is 48.5 Å². The highest BCUT2D eigenvalue weighted by atomic mass is 32.2. The number of hydrogen-bond acceptors (Lipinski definition) is 5. The smallest absolute Gasteiger partial charge is 0.261 e. The van der Waals surface area contributed by atoms with Gasteiger partial charge in [-0.3, -0.25) is 14.5 Å². The molecule has 0 saturated carbocycles. The molecule has 3 aromatic rings. The summed E-state index contributed by atoms with van der Waals surface area (Å²) in [6.45, 7) is -0.100. The van der Waals surface area contributed by atoms with Crippen LogP contribution >= 0.6 is 11.8 Å². The molecule has 1 aliphatic rings. The zero-order chi connectivity index (χ0) is 19.5. The minimum Gasteiger partial charge on any atom is -0.497 e. The monoisotopic (exact) mass is 391 g/mol. The van der Waals surface area contributed by atoms with Crippen molar-refractivity contribution in [2.45, 2.75) is 9.92 Å². The summed E-state index contributed by atoms with van der Waals surface area (Å²) in [6.07, 6.45) is 1.66. The molecule has 0 spiro atoms. The Morgan fingerprint density at radius 2 is 1.89 bits per heavy atom. The number of carbonyl (C=O) groups excluding carboxylic acids is 2. The number of fused-ring (bicyclic) bond motifs is 2. The number of para-hydroxylation sites is 1. The number of rotatable bonds is 4. The summed E-state index contributed by atoms with van der Waals surface area (Å²) in [7, 11) is 1.58. The van der Waals surface area contributed by atoms with Crippen LogP contribution in [0, 0.1) is 0 Å². The Balaban J connectivity index is 1.61. The number of hydrogen-bond donors (Lipinski definition) is 1. The fourth-order valence-corrected chi connectivity index (χ4v) is 3.95. The summed E-state index contributed by atoms with van der Waals surface area (Å²) in [6, 6.07) is 18.0. The number of ether oxygens (including phenoxy) is 1. The van der Waals surface area contributed by atoms with Crippen LogP contribution in [0.1, 0.15) is 10.4 Å². The molecule has 0 saturated heterocycles. The molecule has 0 unspecified atom stereocenters. The Hall–Kier alpha value is -3.32. The van der Waals surface area contributed by atoms with Crippen molar-refractivity contribution >= 4 is 35.0 Å². The van der Waals surface area contributed by atoms with Gasteiger partial charge < -0.3 is 10.1 Å². The molecule has 1 aliphatic heterocycles. The molecule has 6 nitrogen and oxygen atoms in total. The molecule has 0 atom stereocenters. The average molecular weight is 391 g/mol. The van der Waals surface area contributed by atoms with E-state index in [4.69, 9.17) is 4.74 Å². The summed E-state index contributed by atoms with van der Waals surface area (Å²) in [5.74, 6) is 0.173. The number of nitrogens with one attached hydrogen (secondary N) is 1. The number of aromatic nitrogens is 1. The minimum absolute atomic E-state index is 0.100. The first-order valence-corrected chi connectivity index (χ1v) is 9.45. The Morgan fingerprint density at radius 1 is 1.11 bits per heavy atom. The Kier molecular flexibility index (Phi) is 4.99. The molecule has 0 bridgehead atoms. The fourth-order valence-electron chi connectivity index (χ4n) is 2.94. The summed E-state index contributed by atoms with van der Waals surface area (Å²) in [5.41, 5.74) is 1.82. The molecule has 2 amide bonds. The maximum Gasteiger partial charge on any atom is 0.261 e. The number of carbonyl (C=O) groups is 2. The average Bonchev–Trinajstić information content (AvgIpc) is 2.84. The van der Waals surface area contributed by atoms with E-state index in [9.17, 15) is 9.59 Å². The molecule has 0 radical (unpaired) electrons. The van der Waals surface area contributed by atoms with Gasteiger partial charge in [-0.15, -0.1) is 0 Å². The minimum atomic E-state index is -0.286. The van der Waals surface area contributed by atoms with Gasteiger partial charge in [0.1, 0.15) is 17.3 Å². The summed E-state index contributed by atoms with van der Waals surface area (Å²) < 4.78 is 5.12. The predicted octanol–water partition coefficient (Wildman–Crippen LogP) is 3.84. The van der Waals surface area contributed by atoms with Gasteiger partial charge in [0.15, 0.2) is 0 Å². The molecule has 2 aromatic carbocycles. The SMILES string of the molecule is COc1ccc(NC(=O)CN2C(=O)c3cccnc3Sc3ccccc32)cc1. The topological polar surface area (TPSA) is 71.5 Å². The zero-order valence-electron chi connectivity index (χ0n) is 15.1. The molecule has 2 heterocycles. The van der Waals surface area contributed by atoms with E-state index in [0.29, 0.717) is 27.7 Å². The van der Waals surface area contributed by atoms with Gasteiger partial charge in [-0.2, -0.15) is 0 Å². The molecule has 7 heteroatoms. The van der Waals surface area contributed by atoms with Crippen molar-refractivity contribution in [3.05, 3.63) is 72.4 Å². The molecule has 28 heavy (non-hydrogen) atoms. The lowest BCUT2D eigenvalue weighted by Crippen LogP contribution is -2.38. The Morgan fingerprint density at radius 3 is 2.68 bits per heavy atom. The fraction of sp³-hybridized carbons (Fsp3) is 0.0952. The van der Waals surface area contributed by atoms with Crippen molar-refractivity contribution in [2.75, 3.05) is 23.9 Å². The van der Waals surface area contributed by atoms with Crippen LogP contribution in [0.5, 0.6) is 5.75 Å². The molecule has 140 valence electrons. The van der Waals surface area contributed by atoms with Crippen LogP contribution in [0.25, 0.3) is 0 Å². The third kappa shape index (κ3) is 3.57. The highest BCUT2D eigenvalue weighted by Crippen LogP contribution is 2.39. The van der Waals surface area contributed by atoms with Crippen molar-refractivity contribution in [3.63, 3.8) is 0 Å². The second-order valence-corrected chi connectivity index (χ2v) is 7.12. The van der Waals surface area contributed by atoms with E-state index >= 15 is 0 Å². The van der Waals surface area contributed by atoms with Crippen molar-refractivity contribution in [3.8, 4) is 5.75 Å². The number of benzene rings is 2. The summed E-state index contributed by atoms with van der Waals surface area (Å²) >= 11 is 1.43. The van der Waals surface area contributed by atoms with E-state index in [1.54, 1.807) is 49.7 Å². The number of pyridine rings is 1. The molecular weight excluding hydrogens is 374 g/mol. The molecule has 0 aliphatic carbocycles. The quantitative estimate of drug-likeness (QED) is 0.732. The third-order valence-corrected chi connectivity index (χ3v) is 5.37. The molecular formula is C21H17N3O3S. The first kappa shape index (κ1) is 18.1. The number of nitrogens with zero attached hydrogens (tertiary/aromatic N) is 2. The van der Waals surface area contributed by atoms with Crippen LogP contribution in [-0.2, 0) is 4.79 Å². The van der Waals surface area contributed by atoms with Gasteiger partial charge in [0, 0.05) is 16.8 Å². The Labute approximate surface area is 166 Å². The zero-order valence-corrected chi connectivity index (χ0v) is 15.9. The standard InChI is InChI=1S/C21H17N3O3S/c1-27-15-10-8-14(9-11-15)23-19(25)13-24-17-6-2-3-7-18(17)28-20-16(21(24)26)5-4-12-22-20/h2-12H,13H2,1H3,(H,23,25). The first-order valence-electron chi connectivity index (χ1n) is 8.63. The van der Waals surface area contributed by atoms with Crippen molar-refractivity contribution in [1.82, 2.24) is 4.98 Å². The second kappa shape index (κ2) is 7.74. The van der Waals surface area contributed by atoms with E-state index in [-0.39, 0.29) is 18.4 Å². The van der Waals surface area contributed by atoms with Crippen LogP contribution in [0.2, 0.25) is 0 Å². The highest BCUT2D eigenvalue weighted by Gasteiger charge is 2.29. The summed E-state index contributed by atoms with van der Waals surface area (Å²) in [4.78, 5) is 32.5. The van der Waals surface area contributed by atoms with Crippen LogP contribution in [0.4, 0.5) is 11.4 Å². The normalized spacial score (nSPS) is 12.6. The first-order chi connectivity index (χ1) is 13.7. The number of amides is 2. The van der Waals surface area contributed by atoms with Gasteiger partial charge in [0.2, 0.25) is 5.91 Å². The van der Waals surface area contributed by atoms with Gasteiger partial charge in [0.05, 0.1) is 18.4 Å². The maximum absolute atomic E-state index is 13.1. The van der Waals surface area contributed by atoms with E-state index < -0.39 is 0 Å². The number of anilines is 2. The van der Waals surface area contributed by atoms with E-state index in [1.165, 1.54) is 16.7 Å². The van der Waals surface area contributed by atoms with Crippen LogP contribution in [0.3, 0.4) is 0 Å². The molecule has 0 fully saturated rings. The van der Waals surface area contributed by atoms with E-state index in [0.717, 1.165) is 4.90 Å². The summed E-state index contributed by atoms with van der Waals surface area (Å²) in [5, 5.41) is 3.46. The van der Waals surface area contributed by atoms with Gasteiger partial charge in [-0.1, -0.05) is 23.9 Å².